The van der Waals surface area contributed by atoms with Crippen LogP contribution in [0.15, 0.2) is 18.2 Å². The summed E-state index contributed by atoms with van der Waals surface area (Å²) in [5.41, 5.74) is 7.29. The zero-order valence-electron chi connectivity index (χ0n) is 9.77. The molecule has 1 aromatic rings. The Labute approximate surface area is 96.0 Å². The smallest absolute Gasteiger partial charge is 0.122 e. The van der Waals surface area contributed by atoms with E-state index in [1.165, 1.54) is 0 Å². The number of anilines is 1. The van der Waals surface area contributed by atoms with Gasteiger partial charge in [-0.05, 0) is 37.6 Å². The molecule has 0 spiro atoms. The molecule has 0 aromatic heterocycles. The average Bonchev–Trinajstić information content (AvgIpc) is 2.25. The Kier molecular flexibility index (Phi) is 5.08. The SMILES string of the molecule is CCOCC(O)COc1ccc(N)cc1C. The number of rotatable bonds is 6. The second-order valence-electron chi connectivity index (χ2n) is 3.65. The van der Waals surface area contributed by atoms with Gasteiger partial charge in [-0.25, -0.2) is 0 Å². The van der Waals surface area contributed by atoms with Crippen molar-refractivity contribution in [3.05, 3.63) is 23.8 Å². The summed E-state index contributed by atoms with van der Waals surface area (Å²) in [5.74, 6) is 0.741. The normalized spacial score (nSPS) is 12.4. The average molecular weight is 225 g/mol. The van der Waals surface area contributed by atoms with Gasteiger partial charge in [0.25, 0.3) is 0 Å². The molecule has 0 aliphatic carbocycles. The van der Waals surface area contributed by atoms with Gasteiger partial charge in [-0.15, -0.1) is 0 Å². The monoisotopic (exact) mass is 225 g/mol. The van der Waals surface area contributed by atoms with Gasteiger partial charge in [-0.3, -0.25) is 0 Å². The molecular weight excluding hydrogens is 206 g/mol. The summed E-state index contributed by atoms with van der Waals surface area (Å²) in [5, 5.41) is 9.51. The van der Waals surface area contributed by atoms with Gasteiger partial charge in [0, 0.05) is 12.3 Å². The van der Waals surface area contributed by atoms with Gasteiger partial charge in [0.15, 0.2) is 0 Å². The first kappa shape index (κ1) is 12.8. The quantitative estimate of drug-likeness (QED) is 0.717. The van der Waals surface area contributed by atoms with Gasteiger partial charge in [0.2, 0.25) is 0 Å². The van der Waals surface area contributed by atoms with Crippen LogP contribution in [0.4, 0.5) is 5.69 Å². The lowest BCUT2D eigenvalue weighted by atomic mass is 10.2. The van der Waals surface area contributed by atoms with Crippen LogP contribution in [0.5, 0.6) is 5.75 Å². The highest BCUT2D eigenvalue weighted by Crippen LogP contribution is 2.20. The third-order valence-corrected chi connectivity index (χ3v) is 2.14. The number of aliphatic hydroxyl groups excluding tert-OH is 1. The Balaban J connectivity index is 2.42. The largest absolute Gasteiger partial charge is 0.491 e. The van der Waals surface area contributed by atoms with E-state index in [2.05, 4.69) is 0 Å². The van der Waals surface area contributed by atoms with E-state index in [4.69, 9.17) is 15.2 Å². The Morgan fingerprint density at radius 2 is 2.12 bits per heavy atom. The van der Waals surface area contributed by atoms with E-state index in [0.29, 0.717) is 18.9 Å². The number of hydrogen-bond donors (Lipinski definition) is 2. The van der Waals surface area contributed by atoms with Crippen molar-refractivity contribution >= 4 is 5.69 Å². The minimum absolute atomic E-state index is 0.227. The summed E-state index contributed by atoms with van der Waals surface area (Å²) in [7, 11) is 0. The van der Waals surface area contributed by atoms with Crippen molar-refractivity contribution in [3.8, 4) is 5.75 Å². The fraction of sp³-hybridized carbons (Fsp3) is 0.500. The summed E-state index contributed by atoms with van der Waals surface area (Å²) in [6.45, 7) is 4.92. The zero-order chi connectivity index (χ0) is 12.0. The van der Waals surface area contributed by atoms with E-state index in [1.54, 1.807) is 12.1 Å². The Morgan fingerprint density at radius 1 is 1.38 bits per heavy atom. The molecule has 0 radical (unpaired) electrons. The summed E-state index contributed by atoms with van der Waals surface area (Å²) in [4.78, 5) is 0. The van der Waals surface area contributed by atoms with Crippen LogP contribution in [-0.4, -0.2) is 31.0 Å². The Hall–Kier alpha value is -1.26. The standard InChI is InChI=1S/C12H19NO3/c1-3-15-7-11(14)8-16-12-5-4-10(13)6-9(12)2/h4-6,11,14H,3,7-8,13H2,1-2H3. The molecule has 0 saturated heterocycles. The number of ether oxygens (including phenoxy) is 2. The molecule has 3 N–H and O–H groups in total. The number of aryl methyl sites for hydroxylation is 1. The van der Waals surface area contributed by atoms with Gasteiger partial charge >= 0.3 is 0 Å². The maximum absolute atomic E-state index is 9.51. The molecule has 0 fully saturated rings. The van der Waals surface area contributed by atoms with Crippen molar-refractivity contribution in [2.75, 3.05) is 25.6 Å². The first-order valence-electron chi connectivity index (χ1n) is 5.38. The molecule has 1 atom stereocenters. The fourth-order valence-electron chi connectivity index (χ4n) is 1.32. The molecule has 0 heterocycles. The van der Waals surface area contributed by atoms with Crippen LogP contribution >= 0.6 is 0 Å². The van der Waals surface area contributed by atoms with Gasteiger partial charge in [-0.1, -0.05) is 0 Å². The first-order valence-corrected chi connectivity index (χ1v) is 5.38. The molecule has 4 heteroatoms. The van der Waals surface area contributed by atoms with Gasteiger partial charge in [0.1, 0.15) is 18.5 Å². The molecule has 0 aliphatic heterocycles. The minimum Gasteiger partial charge on any atom is -0.491 e. The molecule has 0 saturated carbocycles. The number of nitrogen functional groups attached to an aromatic ring is 1. The molecule has 90 valence electrons. The second-order valence-corrected chi connectivity index (χ2v) is 3.65. The highest BCUT2D eigenvalue weighted by Gasteiger charge is 2.06. The summed E-state index contributed by atoms with van der Waals surface area (Å²) < 4.78 is 10.5. The number of nitrogens with two attached hydrogens (primary N) is 1. The molecule has 0 bridgehead atoms. The van der Waals surface area contributed by atoms with Crippen LogP contribution in [0.1, 0.15) is 12.5 Å². The van der Waals surface area contributed by atoms with E-state index >= 15 is 0 Å². The third kappa shape index (κ3) is 4.08. The highest BCUT2D eigenvalue weighted by atomic mass is 16.5. The fourth-order valence-corrected chi connectivity index (χ4v) is 1.32. The van der Waals surface area contributed by atoms with Crippen molar-refractivity contribution in [2.24, 2.45) is 0 Å². The molecule has 4 nitrogen and oxygen atoms in total. The van der Waals surface area contributed by atoms with Crippen LogP contribution < -0.4 is 10.5 Å². The van der Waals surface area contributed by atoms with Crippen LogP contribution in [0.2, 0.25) is 0 Å². The maximum atomic E-state index is 9.51. The predicted molar refractivity (Wildman–Crippen MR) is 63.6 cm³/mol. The van der Waals surface area contributed by atoms with E-state index in [1.807, 2.05) is 19.9 Å². The Morgan fingerprint density at radius 3 is 2.75 bits per heavy atom. The third-order valence-electron chi connectivity index (χ3n) is 2.14. The van der Waals surface area contributed by atoms with Crippen LogP contribution in [-0.2, 0) is 4.74 Å². The lowest BCUT2D eigenvalue weighted by Crippen LogP contribution is -2.23. The highest BCUT2D eigenvalue weighted by molar-refractivity contribution is 5.47. The lowest BCUT2D eigenvalue weighted by Gasteiger charge is -2.13. The first-order chi connectivity index (χ1) is 7.63. The second kappa shape index (κ2) is 6.35. The minimum atomic E-state index is -0.600. The van der Waals surface area contributed by atoms with Crippen molar-refractivity contribution in [1.82, 2.24) is 0 Å². The van der Waals surface area contributed by atoms with E-state index < -0.39 is 6.10 Å². The van der Waals surface area contributed by atoms with E-state index in [9.17, 15) is 5.11 Å². The van der Waals surface area contributed by atoms with Crippen molar-refractivity contribution in [1.29, 1.82) is 0 Å². The molecule has 0 amide bonds. The predicted octanol–water partition coefficient (Wildman–Crippen LogP) is 1.35. The number of hydrogen-bond acceptors (Lipinski definition) is 4. The zero-order valence-corrected chi connectivity index (χ0v) is 9.77. The van der Waals surface area contributed by atoms with Gasteiger partial charge in [-0.2, -0.15) is 0 Å². The summed E-state index contributed by atoms with van der Waals surface area (Å²) >= 11 is 0. The van der Waals surface area contributed by atoms with Gasteiger partial charge in [0.05, 0.1) is 6.61 Å². The topological polar surface area (TPSA) is 64.7 Å². The molecular formula is C12H19NO3. The van der Waals surface area contributed by atoms with Crippen molar-refractivity contribution < 1.29 is 14.6 Å². The van der Waals surface area contributed by atoms with Crippen molar-refractivity contribution in [3.63, 3.8) is 0 Å². The molecule has 1 aromatic carbocycles. The summed E-state index contributed by atoms with van der Waals surface area (Å²) in [6.07, 6.45) is -0.600. The van der Waals surface area contributed by atoms with Crippen LogP contribution in [0.3, 0.4) is 0 Å². The van der Waals surface area contributed by atoms with Crippen LogP contribution in [0.25, 0.3) is 0 Å². The molecule has 1 unspecified atom stereocenters. The van der Waals surface area contributed by atoms with Gasteiger partial charge < -0.3 is 20.3 Å². The maximum Gasteiger partial charge on any atom is 0.122 e. The van der Waals surface area contributed by atoms with Crippen molar-refractivity contribution in [2.45, 2.75) is 20.0 Å². The molecule has 16 heavy (non-hydrogen) atoms. The number of aliphatic hydroxyl groups is 1. The number of benzene rings is 1. The van der Waals surface area contributed by atoms with E-state index in [0.717, 1.165) is 11.3 Å². The van der Waals surface area contributed by atoms with Crippen LogP contribution in [0, 0.1) is 6.92 Å². The van der Waals surface area contributed by atoms with E-state index in [-0.39, 0.29) is 6.61 Å². The molecule has 0 aliphatic rings. The summed E-state index contributed by atoms with van der Waals surface area (Å²) in [6, 6.07) is 5.42. The Bertz CT molecular complexity index is 328. The molecule has 1 rings (SSSR count). The lowest BCUT2D eigenvalue weighted by molar-refractivity contribution is 0.0163.